The van der Waals surface area contributed by atoms with Gasteiger partial charge in [-0.25, -0.2) is 0 Å². The quantitative estimate of drug-likeness (QED) is 0.645. The molecule has 2 heterocycles. The molecular formula is C9H8N2S. The van der Waals surface area contributed by atoms with Crippen LogP contribution in [0.5, 0.6) is 0 Å². The number of rotatable bonds is 0. The molecule has 1 aliphatic rings. The molecule has 1 aromatic carbocycles. The van der Waals surface area contributed by atoms with E-state index in [-0.39, 0.29) is 0 Å². The standard InChI is InChI=1S/C9H8N2S/c1-2-8-9(12-5-11-8)6-3-4-10-7(1)6/h1-4,10-11H,5H2. The zero-order chi connectivity index (χ0) is 7.97. The minimum atomic E-state index is 1.000. The molecular weight excluding hydrogens is 168 g/mol. The van der Waals surface area contributed by atoms with E-state index in [1.165, 1.54) is 21.5 Å². The number of aromatic nitrogens is 1. The van der Waals surface area contributed by atoms with Gasteiger partial charge in [0.2, 0.25) is 0 Å². The third-order valence-electron chi connectivity index (χ3n) is 2.16. The first kappa shape index (κ1) is 6.43. The molecule has 0 bridgehead atoms. The maximum atomic E-state index is 3.33. The summed E-state index contributed by atoms with van der Waals surface area (Å²) in [5.41, 5.74) is 2.50. The Balaban J connectivity index is 2.46. The van der Waals surface area contributed by atoms with Crippen molar-refractivity contribution in [2.45, 2.75) is 4.90 Å². The third-order valence-corrected chi connectivity index (χ3v) is 3.18. The molecule has 0 fully saturated rings. The summed E-state index contributed by atoms with van der Waals surface area (Å²) >= 11 is 1.87. The van der Waals surface area contributed by atoms with Crippen molar-refractivity contribution in [2.75, 3.05) is 11.2 Å². The normalized spacial score (nSPS) is 14.7. The van der Waals surface area contributed by atoms with Crippen molar-refractivity contribution in [3.63, 3.8) is 0 Å². The Kier molecular flexibility index (Phi) is 1.18. The highest BCUT2D eigenvalue weighted by molar-refractivity contribution is 8.00. The van der Waals surface area contributed by atoms with Gasteiger partial charge in [0, 0.05) is 27.7 Å². The van der Waals surface area contributed by atoms with Gasteiger partial charge in [0.15, 0.2) is 0 Å². The highest BCUT2D eigenvalue weighted by atomic mass is 32.2. The first-order valence-electron chi connectivity index (χ1n) is 3.92. The van der Waals surface area contributed by atoms with E-state index in [0.29, 0.717) is 0 Å². The molecule has 60 valence electrons. The number of thioether (sulfide) groups is 1. The van der Waals surface area contributed by atoms with E-state index in [1.54, 1.807) is 0 Å². The highest BCUT2D eigenvalue weighted by Gasteiger charge is 2.13. The van der Waals surface area contributed by atoms with Crippen LogP contribution in [0.15, 0.2) is 29.3 Å². The van der Waals surface area contributed by atoms with Crippen LogP contribution >= 0.6 is 11.8 Å². The van der Waals surface area contributed by atoms with E-state index >= 15 is 0 Å². The van der Waals surface area contributed by atoms with E-state index in [1.807, 2.05) is 18.0 Å². The Morgan fingerprint density at radius 2 is 2.25 bits per heavy atom. The third kappa shape index (κ3) is 0.716. The van der Waals surface area contributed by atoms with Crippen molar-refractivity contribution in [1.82, 2.24) is 4.98 Å². The SMILES string of the molecule is c1cc2c3c(ccc2[nH]1)NCS3. The fourth-order valence-electron chi connectivity index (χ4n) is 1.59. The predicted molar refractivity (Wildman–Crippen MR) is 52.6 cm³/mol. The average molecular weight is 176 g/mol. The Morgan fingerprint density at radius 1 is 1.25 bits per heavy atom. The summed E-state index contributed by atoms with van der Waals surface area (Å²) in [6.07, 6.45) is 1.99. The van der Waals surface area contributed by atoms with Gasteiger partial charge in [0.25, 0.3) is 0 Å². The molecule has 12 heavy (non-hydrogen) atoms. The Hall–Kier alpha value is -1.09. The van der Waals surface area contributed by atoms with Crippen molar-refractivity contribution in [3.05, 3.63) is 24.4 Å². The van der Waals surface area contributed by atoms with Gasteiger partial charge >= 0.3 is 0 Å². The van der Waals surface area contributed by atoms with Crippen molar-refractivity contribution < 1.29 is 0 Å². The predicted octanol–water partition coefficient (Wildman–Crippen LogP) is 2.64. The fraction of sp³-hybridized carbons (Fsp3) is 0.111. The van der Waals surface area contributed by atoms with Gasteiger partial charge in [-0.15, -0.1) is 11.8 Å². The molecule has 0 amide bonds. The number of hydrogen-bond acceptors (Lipinski definition) is 2. The van der Waals surface area contributed by atoms with E-state index in [0.717, 1.165) is 5.88 Å². The zero-order valence-electron chi connectivity index (χ0n) is 6.42. The van der Waals surface area contributed by atoms with Crippen LogP contribution in [0.4, 0.5) is 5.69 Å². The minimum absolute atomic E-state index is 1.000. The summed E-state index contributed by atoms with van der Waals surface area (Å²) in [6.45, 7) is 0. The second kappa shape index (κ2) is 2.20. The van der Waals surface area contributed by atoms with Gasteiger partial charge in [-0.1, -0.05) is 0 Å². The molecule has 0 unspecified atom stereocenters. The molecule has 0 spiro atoms. The molecule has 2 aromatic rings. The molecule has 0 radical (unpaired) electrons. The van der Waals surface area contributed by atoms with Gasteiger partial charge in [-0.05, 0) is 18.2 Å². The summed E-state index contributed by atoms with van der Waals surface area (Å²) in [7, 11) is 0. The van der Waals surface area contributed by atoms with Crippen LogP contribution in [0.1, 0.15) is 0 Å². The van der Waals surface area contributed by atoms with Crippen molar-refractivity contribution in [2.24, 2.45) is 0 Å². The number of aromatic amines is 1. The molecule has 1 aliphatic heterocycles. The first-order valence-corrected chi connectivity index (χ1v) is 4.90. The molecule has 3 rings (SSSR count). The molecule has 0 atom stereocenters. The summed E-state index contributed by atoms with van der Waals surface area (Å²) in [5.74, 6) is 1.000. The van der Waals surface area contributed by atoms with Crippen molar-refractivity contribution in [1.29, 1.82) is 0 Å². The van der Waals surface area contributed by atoms with Crippen molar-refractivity contribution >= 4 is 28.4 Å². The topological polar surface area (TPSA) is 27.8 Å². The van der Waals surface area contributed by atoms with E-state index in [4.69, 9.17) is 0 Å². The van der Waals surface area contributed by atoms with E-state index in [9.17, 15) is 0 Å². The van der Waals surface area contributed by atoms with Crippen LogP contribution in [-0.2, 0) is 0 Å². The van der Waals surface area contributed by atoms with Crippen LogP contribution in [0.2, 0.25) is 0 Å². The smallest absolute Gasteiger partial charge is 0.0658 e. The summed E-state index contributed by atoms with van der Waals surface area (Å²) < 4.78 is 0. The Bertz CT molecular complexity index is 433. The second-order valence-electron chi connectivity index (χ2n) is 2.85. The van der Waals surface area contributed by atoms with Gasteiger partial charge in [0.05, 0.1) is 5.88 Å². The van der Waals surface area contributed by atoms with Gasteiger partial charge in [-0.2, -0.15) is 0 Å². The molecule has 2 N–H and O–H groups in total. The Labute approximate surface area is 74.4 Å². The fourth-order valence-corrected chi connectivity index (χ4v) is 2.59. The van der Waals surface area contributed by atoms with Crippen LogP contribution in [0, 0.1) is 0 Å². The zero-order valence-corrected chi connectivity index (χ0v) is 7.24. The molecule has 0 aliphatic carbocycles. The number of benzene rings is 1. The van der Waals surface area contributed by atoms with Crippen LogP contribution < -0.4 is 5.32 Å². The lowest BCUT2D eigenvalue weighted by Gasteiger charge is -1.98. The minimum Gasteiger partial charge on any atom is -0.375 e. The lowest BCUT2D eigenvalue weighted by molar-refractivity contribution is 1.45. The van der Waals surface area contributed by atoms with Crippen LogP contribution in [-0.4, -0.2) is 10.9 Å². The van der Waals surface area contributed by atoms with Gasteiger partial charge < -0.3 is 10.3 Å². The van der Waals surface area contributed by atoms with Crippen LogP contribution in [0.3, 0.4) is 0 Å². The Morgan fingerprint density at radius 3 is 3.25 bits per heavy atom. The first-order chi connectivity index (χ1) is 5.95. The van der Waals surface area contributed by atoms with Crippen LogP contribution in [0.25, 0.3) is 10.9 Å². The lowest BCUT2D eigenvalue weighted by Crippen LogP contribution is -1.87. The molecule has 0 saturated heterocycles. The number of anilines is 1. The van der Waals surface area contributed by atoms with Gasteiger partial charge in [-0.3, -0.25) is 0 Å². The number of fused-ring (bicyclic) bond motifs is 3. The molecule has 0 saturated carbocycles. The summed E-state index contributed by atoms with van der Waals surface area (Å²) in [4.78, 5) is 4.59. The summed E-state index contributed by atoms with van der Waals surface area (Å²) in [6, 6.07) is 6.38. The second-order valence-corrected chi connectivity index (χ2v) is 3.83. The molecule has 1 aromatic heterocycles. The van der Waals surface area contributed by atoms with Crippen molar-refractivity contribution in [3.8, 4) is 0 Å². The summed E-state index contributed by atoms with van der Waals surface area (Å²) in [5, 5.41) is 4.67. The maximum Gasteiger partial charge on any atom is 0.0658 e. The average Bonchev–Trinajstić information content (AvgIpc) is 2.71. The maximum absolute atomic E-state index is 3.33. The number of nitrogens with one attached hydrogen (secondary N) is 2. The molecule has 2 nitrogen and oxygen atoms in total. The largest absolute Gasteiger partial charge is 0.375 e. The monoisotopic (exact) mass is 176 g/mol. The van der Waals surface area contributed by atoms with E-state index < -0.39 is 0 Å². The van der Waals surface area contributed by atoms with E-state index in [2.05, 4.69) is 28.5 Å². The lowest BCUT2D eigenvalue weighted by atomic mass is 10.2. The highest BCUT2D eigenvalue weighted by Crippen LogP contribution is 2.38. The number of H-pyrrole nitrogens is 1. The number of hydrogen-bond donors (Lipinski definition) is 2. The van der Waals surface area contributed by atoms with Gasteiger partial charge in [0.1, 0.15) is 0 Å². The molecule has 3 heteroatoms.